The van der Waals surface area contributed by atoms with Gasteiger partial charge in [-0.25, -0.2) is 8.78 Å². The number of nitrogens with one attached hydrogen (secondary N) is 1. The van der Waals surface area contributed by atoms with Gasteiger partial charge in [-0.1, -0.05) is 19.1 Å². The van der Waals surface area contributed by atoms with Crippen LogP contribution in [0.15, 0.2) is 18.2 Å². The van der Waals surface area contributed by atoms with Gasteiger partial charge >= 0.3 is 0 Å². The molecule has 1 N–H and O–H groups in total. The number of halogens is 2. The number of aryl methyl sites for hydroxylation is 1. The predicted molar refractivity (Wildman–Crippen MR) is 52.9 cm³/mol. The SMILES string of the molecule is CCc1ccc2c(c1)NC(C(F)F)C2. The summed E-state index contributed by atoms with van der Waals surface area (Å²) in [6, 6.07) is 5.23. The fourth-order valence-electron chi connectivity index (χ4n) is 1.80. The molecular formula is C11H13F2N. The lowest BCUT2D eigenvalue weighted by molar-refractivity contribution is 0.126. The summed E-state index contributed by atoms with van der Waals surface area (Å²) in [4.78, 5) is 0. The minimum atomic E-state index is -2.28. The van der Waals surface area contributed by atoms with Crippen LogP contribution in [0.1, 0.15) is 18.1 Å². The minimum Gasteiger partial charge on any atom is -0.376 e. The maximum atomic E-state index is 12.4. The van der Waals surface area contributed by atoms with Crippen molar-refractivity contribution in [2.75, 3.05) is 5.32 Å². The van der Waals surface area contributed by atoms with Crippen LogP contribution in [0.5, 0.6) is 0 Å². The number of alkyl halides is 2. The molecule has 1 aliphatic rings. The zero-order valence-corrected chi connectivity index (χ0v) is 8.06. The Balaban J connectivity index is 2.22. The van der Waals surface area contributed by atoms with Crippen molar-refractivity contribution >= 4 is 5.69 Å². The smallest absolute Gasteiger partial charge is 0.258 e. The van der Waals surface area contributed by atoms with Gasteiger partial charge < -0.3 is 5.32 Å². The van der Waals surface area contributed by atoms with Crippen molar-refractivity contribution in [3.63, 3.8) is 0 Å². The van der Waals surface area contributed by atoms with Gasteiger partial charge in [-0.2, -0.15) is 0 Å². The summed E-state index contributed by atoms with van der Waals surface area (Å²) < 4.78 is 24.8. The molecule has 14 heavy (non-hydrogen) atoms. The van der Waals surface area contributed by atoms with Gasteiger partial charge in [0.15, 0.2) is 0 Å². The standard InChI is InChI=1S/C11H13F2N/c1-2-7-3-4-8-6-10(11(12)13)14-9(8)5-7/h3-5,10-11,14H,2,6H2,1H3. The Morgan fingerprint density at radius 3 is 2.93 bits per heavy atom. The first kappa shape index (κ1) is 9.44. The molecule has 0 saturated carbocycles. The average Bonchev–Trinajstić information content (AvgIpc) is 2.59. The third-order valence-corrected chi connectivity index (χ3v) is 2.67. The maximum absolute atomic E-state index is 12.4. The Bertz CT molecular complexity index is 336. The van der Waals surface area contributed by atoms with Crippen molar-refractivity contribution in [2.24, 2.45) is 0 Å². The van der Waals surface area contributed by atoms with Crippen LogP contribution in [-0.2, 0) is 12.8 Å². The highest BCUT2D eigenvalue weighted by Crippen LogP contribution is 2.29. The van der Waals surface area contributed by atoms with E-state index in [4.69, 9.17) is 0 Å². The van der Waals surface area contributed by atoms with E-state index in [9.17, 15) is 8.78 Å². The van der Waals surface area contributed by atoms with Gasteiger partial charge in [0.1, 0.15) is 0 Å². The minimum absolute atomic E-state index is 0.441. The quantitative estimate of drug-likeness (QED) is 0.768. The van der Waals surface area contributed by atoms with Gasteiger partial charge in [-0.05, 0) is 23.6 Å². The Kier molecular flexibility index (Phi) is 2.40. The van der Waals surface area contributed by atoms with Crippen LogP contribution in [0, 0.1) is 0 Å². The highest BCUT2D eigenvalue weighted by Gasteiger charge is 2.27. The molecule has 2 rings (SSSR count). The van der Waals surface area contributed by atoms with Gasteiger partial charge in [0.25, 0.3) is 6.43 Å². The van der Waals surface area contributed by atoms with Crippen LogP contribution >= 0.6 is 0 Å². The monoisotopic (exact) mass is 197 g/mol. The molecule has 0 radical (unpaired) electrons. The van der Waals surface area contributed by atoms with E-state index in [0.717, 1.165) is 17.7 Å². The maximum Gasteiger partial charge on any atom is 0.258 e. The second-order valence-corrected chi connectivity index (χ2v) is 3.63. The summed E-state index contributed by atoms with van der Waals surface area (Å²) in [5, 5.41) is 2.86. The van der Waals surface area contributed by atoms with Crippen LogP contribution < -0.4 is 5.32 Å². The van der Waals surface area contributed by atoms with E-state index in [-0.39, 0.29) is 0 Å². The molecule has 76 valence electrons. The van der Waals surface area contributed by atoms with Crippen molar-refractivity contribution in [3.05, 3.63) is 29.3 Å². The van der Waals surface area contributed by atoms with E-state index >= 15 is 0 Å². The zero-order valence-electron chi connectivity index (χ0n) is 8.06. The van der Waals surface area contributed by atoms with E-state index in [1.54, 1.807) is 0 Å². The molecule has 1 aromatic rings. The van der Waals surface area contributed by atoms with E-state index in [2.05, 4.69) is 12.2 Å². The van der Waals surface area contributed by atoms with Crippen LogP contribution in [0.25, 0.3) is 0 Å². The summed E-state index contributed by atoms with van der Waals surface area (Å²) >= 11 is 0. The van der Waals surface area contributed by atoms with Crippen molar-refractivity contribution in [1.82, 2.24) is 0 Å². The van der Waals surface area contributed by atoms with E-state index in [0.29, 0.717) is 6.42 Å². The van der Waals surface area contributed by atoms with Gasteiger partial charge in [-0.3, -0.25) is 0 Å². The Morgan fingerprint density at radius 2 is 2.29 bits per heavy atom. The van der Waals surface area contributed by atoms with Crippen molar-refractivity contribution in [3.8, 4) is 0 Å². The van der Waals surface area contributed by atoms with Crippen LogP contribution in [-0.4, -0.2) is 12.5 Å². The lowest BCUT2D eigenvalue weighted by Gasteiger charge is -2.08. The molecule has 0 bridgehead atoms. The first-order valence-electron chi connectivity index (χ1n) is 4.87. The normalized spacial score (nSPS) is 19.6. The molecule has 1 nitrogen and oxygen atoms in total. The zero-order chi connectivity index (χ0) is 10.1. The highest BCUT2D eigenvalue weighted by molar-refractivity contribution is 5.58. The van der Waals surface area contributed by atoms with E-state index in [1.165, 1.54) is 5.56 Å². The number of fused-ring (bicyclic) bond motifs is 1. The predicted octanol–water partition coefficient (Wildman–Crippen LogP) is 2.85. The fourth-order valence-corrected chi connectivity index (χ4v) is 1.80. The topological polar surface area (TPSA) is 12.0 Å². The molecule has 0 spiro atoms. The lowest BCUT2D eigenvalue weighted by atomic mass is 10.1. The molecule has 1 atom stereocenters. The lowest BCUT2D eigenvalue weighted by Crippen LogP contribution is -2.24. The molecule has 1 heterocycles. The van der Waals surface area contributed by atoms with Crippen molar-refractivity contribution in [1.29, 1.82) is 0 Å². The Morgan fingerprint density at radius 1 is 1.50 bits per heavy atom. The number of benzene rings is 1. The second kappa shape index (κ2) is 3.56. The second-order valence-electron chi connectivity index (χ2n) is 3.63. The number of hydrogen-bond donors (Lipinski definition) is 1. The molecule has 0 saturated heterocycles. The molecule has 0 aliphatic carbocycles. The van der Waals surface area contributed by atoms with Gasteiger partial charge in [-0.15, -0.1) is 0 Å². The first-order chi connectivity index (χ1) is 6.70. The summed E-state index contributed by atoms with van der Waals surface area (Å²) in [7, 11) is 0. The van der Waals surface area contributed by atoms with Crippen LogP contribution in [0.3, 0.4) is 0 Å². The summed E-state index contributed by atoms with van der Waals surface area (Å²) in [6.45, 7) is 2.06. The van der Waals surface area contributed by atoms with Crippen molar-refractivity contribution in [2.45, 2.75) is 32.2 Å². The Labute approximate surface area is 82.1 Å². The van der Waals surface area contributed by atoms with Gasteiger partial charge in [0.2, 0.25) is 0 Å². The molecule has 0 aromatic heterocycles. The number of rotatable bonds is 2. The molecular weight excluding hydrogens is 184 g/mol. The molecule has 1 aromatic carbocycles. The first-order valence-corrected chi connectivity index (χ1v) is 4.87. The van der Waals surface area contributed by atoms with Gasteiger partial charge in [0.05, 0.1) is 6.04 Å². The molecule has 1 aliphatic heterocycles. The molecule has 0 amide bonds. The number of anilines is 1. The molecule has 1 unspecified atom stereocenters. The Hall–Kier alpha value is -1.12. The van der Waals surface area contributed by atoms with E-state index in [1.807, 2.05) is 18.2 Å². The fraction of sp³-hybridized carbons (Fsp3) is 0.455. The third kappa shape index (κ3) is 1.59. The summed E-state index contributed by atoms with van der Waals surface area (Å²) in [6.07, 6.45) is -0.904. The molecule has 3 heteroatoms. The summed E-state index contributed by atoms with van der Waals surface area (Å²) in [5.41, 5.74) is 3.08. The summed E-state index contributed by atoms with van der Waals surface area (Å²) in [5.74, 6) is 0. The number of hydrogen-bond acceptors (Lipinski definition) is 1. The van der Waals surface area contributed by atoms with E-state index < -0.39 is 12.5 Å². The largest absolute Gasteiger partial charge is 0.376 e. The highest BCUT2D eigenvalue weighted by atomic mass is 19.3. The third-order valence-electron chi connectivity index (χ3n) is 2.67. The molecule has 0 fully saturated rings. The van der Waals surface area contributed by atoms with Crippen LogP contribution in [0.2, 0.25) is 0 Å². The van der Waals surface area contributed by atoms with Crippen LogP contribution in [0.4, 0.5) is 14.5 Å². The average molecular weight is 197 g/mol. The van der Waals surface area contributed by atoms with Crippen molar-refractivity contribution < 1.29 is 8.78 Å². The van der Waals surface area contributed by atoms with Gasteiger partial charge in [0, 0.05) is 12.1 Å².